The van der Waals surface area contributed by atoms with Gasteiger partial charge in [0.25, 0.3) is 5.79 Å². The Labute approximate surface area is 239 Å². The first kappa shape index (κ1) is 25.7. The number of likely N-dealkylation sites (tertiary alicyclic amines) is 1. The lowest BCUT2D eigenvalue weighted by Gasteiger charge is -2.33. The predicted octanol–water partition coefficient (Wildman–Crippen LogP) is 5.05. The maximum Gasteiger partial charge on any atom is 0.365 e. The number of hydrogen-bond donors (Lipinski definition) is 1. The molecular weight excluding hydrogens is 554 g/mol. The van der Waals surface area contributed by atoms with Gasteiger partial charge in [-0.3, -0.25) is 9.88 Å². The topological polar surface area (TPSA) is 112 Å². The van der Waals surface area contributed by atoms with E-state index in [0.29, 0.717) is 40.2 Å². The minimum atomic E-state index is -1.02. The van der Waals surface area contributed by atoms with Crippen molar-refractivity contribution in [2.24, 2.45) is 0 Å². The Morgan fingerprint density at radius 1 is 1.18 bits per heavy atom. The Hall–Kier alpha value is -3.25. The van der Waals surface area contributed by atoms with E-state index in [0.717, 1.165) is 73.2 Å². The maximum absolute atomic E-state index is 11.5. The average molecular weight is 582 g/mol. The molecule has 0 unspecified atom stereocenters. The zero-order chi connectivity index (χ0) is 27.4. The number of piperidine rings is 1. The highest BCUT2D eigenvalue weighted by Crippen LogP contribution is 2.49. The molecular formula is C28H28ClN5O5S. The summed E-state index contributed by atoms with van der Waals surface area (Å²) in [4.78, 5) is 28.1. The summed E-state index contributed by atoms with van der Waals surface area (Å²) in [5.41, 5.74) is 2.46. The summed E-state index contributed by atoms with van der Waals surface area (Å²) >= 11 is 7.16. The van der Waals surface area contributed by atoms with Crippen LogP contribution in [0, 0.1) is 0 Å². The number of carboxylic acids is 1. The summed E-state index contributed by atoms with van der Waals surface area (Å²) in [7, 11) is 0. The molecule has 0 aliphatic carbocycles. The SMILES string of the molecule is C[C@@]1(c2ccc(Cl)cn2)Oc2cccc(C3CCN(Cc4nc5sc(C(=O)O)nc5n4C[C@@H]4CCO4)CC3)c2O1. The third-order valence-corrected chi connectivity index (χ3v) is 9.10. The van der Waals surface area contributed by atoms with Crippen molar-refractivity contribution >= 4 is 39.4 Å². The average Bonchev–Trinajstić information content (AvgIpc) is 3.58. The lowest BCUT2D eigenvalue weighted by Crippen LogP contribution is -2.35. The standard InChI is InChI=1S/C28H28ClN5O5S/c1-28(21-6-5-17(29)13-30-21)38-20-4-2-3-19(23(20)39-28)16-7-10-33(11-8-16)15-22-31-25-24(32-26(40-25)27(35)36)34(22)14-18-9-12-37-18/h2-6,13,16,18H,7-12,14-15H2,1H3,(H,35,36)/t18-,28+/m0/s1. The highest BCUT2D eigenvalue weighted by Gasteiger charge is 2.42. The first-order chi connectivity index (χ1) is 19.4. The fourth-order valence-corrected chi connectivity index (χ4v) is 6.62. The van der Waals surface area contributed by atoms with Crippen LogP contribution in [0.3, 0.4) is 0 Å². The number of rotatable bonds is 7. The lowest BCUT2D eigenvalue weighted by atomic mass is 9.88. The van der Waals surface area contributed by atoms with Gasteiger partial charge in [-0.2, -0.15) is 0 Å². The Morgan fingerprint density at radius 3 is 2.70 bits per heavy atom. The van der Waals surface area contributed by atoms with E-state index in [1.807, 2.05) is 25.1 Å². The number of aromatic nitrogens is 4. The molecule has 10 nitrogen and oxygen atoms in total. The van der Waals surface area contributed by atoms with Gasteiger partial charge in [-0.05, 0) is 56.5 Å². The van der Waals surface area contributed by atoms with Crippen LogP contribution in [0.2, 0.25) is 5.02 Å². The zero-order valence-electron chi connectivity index (χ0n) is 21.9. The van der Waals surface area contributed by atoms with Gasteiger partial charge in [0, 0.05) is 25.3 Å². The minimum absolute atomic E-state index is 0.0673. The smallest absolute Gasteiger partial charge is 0.365 e. The van der Waals surface area contributed by atoms with Gasteiger partial charge < -0.3 is 23.9 Å². The fourth-order valence-electron chi connectivity index (χ4n) is 5.71. The number of pyridine rings is 1. The van der Waals surface area contributed by atoms with E-state index >= 15 is 0 Å². The van der Waals surface area contributed by atoms with Crippen molar-refractivity contribution in [3.63, 3.8) is 0 Å². The van der Waals surface area contributed by atoms with Crippen LogP contribution in [0.5, 0.6) is 11.5 Å². The van der Waals surface area contributed by atoms with Crippen LogP contribution in [0.1, 0.15) is 59.0 Å². The maximum atomic E-state index is 11.5. The number of aromatic carboxylic acids is 1. The summed E-state index contributed by atoms with van der Waals surface area (Å²) in [6.45, 7) is 5.76. The molecule has 3 aliphatic rings. The molecule has 2 saturated heterocycles. The third-order valence-electron chi connectivity index (χ3n) is 7.95. The lowest BCUT2D eigenvalue weighted by molar-refractivity contribution is -0.0722. The van der Waals surface area contributed by atoms with Crippen molar-refractivity contribution in [2.75, 3.05) is 19.7 Å². The summed E-state index contributed by atoms with van der Waals surface area (Å²) in [6.07, 6.45) is 4.65. The summed E-state index contributed by atoms with van der Waals surface area (Å²) < 4.78 is 20.4. The number of para-hydroxylation sites is 1. The number of hydrogen-bond acceptors (Lipinski definition) is 9. The van der Waals surface area contributed by atoms with Gasteiger partial charge in [-0.15, -0.1) is 0 Å². The monoisotopic (exact) mass is 581 g/mol. The first-order valence-corrected chi connectivity index (χ1v) is 14.6. The van der Waals surface area contributed by atoms with Crippen LogP contribution in [-0.4, -0.2) is 61.3 Å². The van der Waals surface area contributed by atoms with Crippen LogP contribution in [0.25, 0.3) is 10.5 Å². The van der Waals surface area contributed by atoms with Crippen LogP contribution >= 0.6 is 22.9 Å². The Morgan fingerprint density at radius 2 is 2.00 bits per heavy atom. The molecule has 0 spiro atoms. The molecule has 0 saturated carbocycles. The quantitative estimate of drug-likeness (QED) is 0.320. The van der Waals surface area contributed by atoms with Gasteiger partial charge in [0.2, 0.25) is 5.01 Å². The second-order valence-corrected chi connectivity index (χ2v) is 12.0. The van der Waals surface area contributed by atoms with Crippen molar-refractivity contribution in [1.82, 2.24) is 24.4 Å². The van der Waals surface area contributed by atoms with Crippen LogP contribution < -0.4 is 9.47 Å². The number of fused-ring (bicyclic) bond motifs is 2. The molecule has 0 amide bonds. The summed E-state index contributed by atoms with van der Waals surface area (Å²) in [5, 5.41) is 10.0. The normalized spacial score (nSPS) is 23.0. The fraction of sp³-hybridized carbons (Fsp3) is 0.429. The number of thiazole rings is 1. The van der Waals surface area contributed by atoms with E-state index in [4.69, 9.17) is 30.8 Å². The number of imidazole rings is 1. The van der Waals surface area contributed by atoms with Crippen molar-refractivity contribution < 1.29 is 24.1 Å². The van der Waals surface area contributed by atoms with E-state index in [1.54, 1.807) is 12.3 Å². The van der Waals surface area contributed by atoms with E-state index in [2.05, 4.69) is 25.5 Å². The van der Waals surface area contributed by atoms with Gasteiger partial charge in [0.05, 0.1) is 24.2 Å². The van der Waals surface area contributed by atoms with Crippen LogP contribution in [0.15, 0.2) is 36.5 Å². The molecule has 12 heteroatoms. The van der Waals surface area contributed by atoms with Gasteiger partial charge in [0.1, 0.15) is 11.5 Å². The number of ether oxygens (including phenoxy) is 3. The van der Waals surface area contributed by atoms with E-state index in [9.17, 15) is 9.90 Å². The molecule has 7 rings (SSSR count). The number of benzene rings is 1. The molecule has 208 valence electrons. The molecule has 40 heavy (non-hydrogen) atoms. The molecule has 3 aromatic heterocycles. The predicted molar refractivity (Wildman–Crippen MR) is 148 cm³/mol. The largest absolute Gasteiger partial charge is 0.476 e. The molecule has 1 aromatic carbocycles. The highest BCUT2D eigenvalue weighted by atomic mass is 35.5. The third kappa shape index (κ3) is 4.60. The van der Waals surface area contributed by atoms with E-state index in [-0.39, 0.29) is 11.1 Å². The molecule has 1 N–H and O–H groups in total. The number of carboxylic acid groups (broad SMARTS) is 1. The minimum Gasteiger partial charge on any atom is -0.476 e. The number of halogens is 1. The molecule has 2 atom stereocenters. The summed E-state index contributed by atoms with van der Waals surface area (Å²) in [5.74, 6) is 0.728. The van der Waals surface area contributed by atoms with Crippen LogP contribution in [0.4, 0.5) is 0 Å². The second-order valence-electron chi connectivity index (χ2n) is 10.6. The highest BCUT2D eigenvalue weighted by molar-refractivity contribution is 7.19. The Bertz CT molecular complexity index is 1580. The van der Waals surface area contributed by atoms with Gasteiger partial charge in [0.15, 0.2) is 22.0 Å². The van der Waals surface area contributed by atoms with Gasteiger partial charge in [-0.25, -0.2) is 14.8 Å². The molecule has 0 bridgehead atoms. The van der Waals surface area contributed by atoms with Crippen molar-refractivity contribution in [3.8, 4) is 11.5 Å². The number of carbonyl (C=O) groups is 1. The first-order valence-electron chi connectivity index (χ1n) is 13.4. The molecule has 4 aromatic rings. The number of nitrogens with zero attached hydrogens (tertiary/aromatic N) is 5. The van der Waals surface area contributed by atoms with Crippen LogP contribution in [-0.2, 0) is 23.6 Å². The summed E-state index contributed by atoms with van der Waals surface area (Å²) in [6, 6.07) is 9.71. The molecule has 0 radical (unpaired) electrons. The zero-order valence-corrected chi connectivity index (χ0v) is 23.5. The second kappa shape index (κ2) is 9.99. The molecule has 6 heterocycles. The van der Waals surface area contributed by atoms with Crippen molar-refractivity contribution in [1.29, 1.82) is 0 Å². The Kier molecular flexibility index (Phi) is 6.42. The molecule has 2 fully saturated rings. The molecule has 3 aliphatic heterocycles. The van der Waals surface area contributed by atoms with Crippen molar-refractivity contribution in [3.05, 3.63) is 63.6 Å². The van der Waals surface area contributed by atoms with Gasteiger partial charge >= 0.3 is 5.97 Å². The van der Waals surface area contributed by atoms with E-state index < -0.39 is 11.8 Å². The van der Waals surface area contributed by atoms with E-state index in [1.165, 1.54) is 0 Å². The van der Waals surface area contributed by atoms with Gasteiger partial charge in [-0.1, -0.05) is 35.1 Å². The Balaban J connectivity index is 1.06. The van der Waals surface area contributed by atoms with Crippen molar-refractivity contribution in [2.45, 2.75) is 57.1 Å².